The molecular weight excluding hydrogens is 206 g/mol. The Morgan fingerprint density at radius 1 is 1.50 bits per heavy atom. The van der Waals surface area contributed by atoms with Gasteiger partial charge in [0.25, 0.3) is 0 Å². The summed E-state index contributed by atoms with van der Waals surface area (Å²) in [5.74, 6) is 1.36. The Morgan fingerprint density at radius 2 is 2.19 bits per heavy atom. The van der Waals surface area contributed by atoms with Gasteiger partial charge in [0.05, 0.1) is 12.7 Å². The molecule has 5 nitrogen and oxygen atoms in total. The molecule has 0 bridgehead atoms. The van der Waals surface area contributed by atoms with Gasteiger partial charge in [-0.05, 0) is 20.8 Å². The van der Waals surface area contributed by atoms with Crippen molar-refractivity contribution in [2.24, 2.45) is 0 Å². The summed E-state index contributed by atoms with van der Waals surface area (Å²) in [5, 5.41) is 5.48. The lowest BCUT2D eigenvalue weighted by molar-refractivity contribution is 0.230. The number of hydrogen-bond acceptors (Lipinski definition) is 3. The van der Waals surface area contributed by atoms with Gasteiger partial charge in [0.2, 0.25) is 5.89 Å². The molecule has 1 aromatic heterocycles. The number of amides is 2. The first-order chi connectivity index (χ1) is 7.40. The zero-order valence-electron chi connectivity index (χ0n) is 10.3. The molecule has 0 unspecified atom stereocenters. The first-order valence-corrected chi connectivity index (χ1v) is 5.40. The van der Waals surface area contributed by atoms with Crippen LogP contribution < -0.4 is 10.6 Å². The predicted molar refractivity (Wildman–Crippen MR) is 61.0 cm³/mol. The summed E-state index contributed by atoms with van der Waals surface area (Å²) in [5.41, 5.74) is -0.241. The summed E-state index contributed by atoms with van der Waals surface area (Å²) < 4.78 is 5.36. The van der Waals surface area contributed by atoms with Crippen molar-refractivity contribution in [1.29, 1.82) is 0 Å². The average molecular weight is 225 g/mol. The van der Waals surface area contributed by atoms with Crippen LogP contribution in [0.2, 0.25) is 0 Å². The topological polar surface area (TPSA) is 67.2 Å². The van der Waals surface area contributed by atoms with E-state index in [9.17, 15) is 4.79 Å². The van der Waals surface area contributed by atoms with Crippen molar-refractivity contribution < 1.29 is 9.21 Å². The smallest absolute Gasteiger partial charge is 0.315 e. The molecule has 0 aliphatic rings. The molecule has 0 saturated carbocycles. The minimum absolute atomic E-state index is 0.219. The quantitative estimate of drug-likeness (QED) is 0.824. The van der Waals surface area contributed by atoms with E-state index in [0.717, 1.165) is 12.2 Å². The van der Waals surface area contributed by atoms with Crippen LogP contribution in [0.5, 0.6) is 0 Å². The van der Waals surface area contributed by atoms with Gasteiger partial charge >= 0.3 is 6.03 Å². The molecule has 0 saturated heterocycles. The van der Waals surface area contributed by atoms with E-state index in [2.05, 4.69) is 15.6 Å². The highest BCUT2D eigenvalue weighted by Gasteiger charge is 2.13. The van der Waals surface area contributed by atoms with Crippen LogP contribution in [-0.4, -0.2) is 16.6 Å². The van der Waals surface area contributed by atoms with E-state index in [1.165, 1.54) is 0 Å². The fourth-order valence-corrected chi connectivity index (χ4v) is 1.13. The summed E-state index contributed by atoms with van der Waals surface area (Å²) in [7, 11) is 0. The van der Waals surface area contributed by atoms with Gasteiger partial charge in [0.1, 0.15) is 5.76 Å². The Balaban J connectivity index is 2.37. The predicted octanol–water partition coefficient (Wildman–Crippen LogP) is 1.83. The number of nitrogens with zero attached hydrogens (tertiary/aromatic N) is 1. The molecule has 0 radical (unpaired) electrons. The SMILES string of the molecule is CCc1cnc(CNC(=O)NC(C)(C)C)o1. The second-order valence-electron chi connectivity index (χ2n) is 4.63. The third-order valence-electron chi connectivity index (χ3n) is 1.84. The molecule has 0 aliphatic heterocycles. The van der Waals surface area contributed by atoms with Crippen molar-refractivity contribution in [2.45, 2.75) is 46.2 Å². The van der Waals surface area contributed by atoms with Crippen LogP contribution in [-0.2, 0) is 13.0 Å². The van der Waals surface area contributed by atoms with Gasteiger partial charge in [-0.25, -0.2) is 9.78 Å². The van der Waals surface area contributed by atoms with Crippen molar-refractivity contribution >= 4 is 6.03 Å². The second kappa shape index (κ2) is 5.01. The third kappa shape index (κ3) is 4.33. The molecule has 0 aromatic carbocycles. The molecule has 16 heavy (non-hydrogen) atoms. The molecule has 0 aliphatic carbocycles. The normalized spacial score (nSPS) is 11.2. The molecule has 1 rings (SSSR count). The Labute approximate surface area is 95.6 Å². The van der Waals surface area contributed by atoms with Crippen LogP contribution in [0.25, 0.3) is 0 Å². The van der Waals surface area contributed by atoms with Crippen LogP contribution in [0.4, 0.5) is 4.79 Å². The largest absolute Gasteiger partial charge is 0.444 e. The number of oxazole rings is 1. The zero-order chi connectivity index (χ0) is 12.2. The molecule has 90 valence electrons. The minimum Gasteiger partial charge on any atom is -0.444 e. The number of urea groups is 1. The van der Waals surface area contributed by atoms with E-state index in [-0.39, 0.29) is 11.6 Å². The molecular formula is C11H19N3O2. The number of hydrogen-bond donors (Lipinski definition) is 2. The number of nitrogens with one attached hydrogen (secondary N) is 2. The second-order valence-corrected chi connectivity index (χ2v) is 4.63. The maximum Gasteiger partial charge on any atom is 0.315 e. The van der Waals surface area contributed by atoms with Crippen molar-refractivity contribution in [1.82, 2.24) is 15.6 Å². The maximum absolute atomic E-state index is 11.4. The van der Waals surface area contributed by atoms with E-state index in [0.29, 0.717) is 12.4 Å². The number of carbonyl (C=O) groups excluding carboxylic acids is 1. The highest BCUT2D eigenvalue weighted by atomic mass is 16.4. The van der Waals surface area contributed by atoms with E-state index in [1.807, 2.05) is 27.7 Å². The molecule has 2 N–H and O–H groups in total. The summed E-state index contributed by atoms with van der Waals surface area (Å²) in [6.45, 7) is 8.07. The fraction of sp³-hybridized carbons (Fsp3) is 0.636. The molecule has 0 fully saturated rings. The van der Waals surface area contributed by atoms with E-state index in [1.54, 1.807) is 6.20 Å². The summed E-state index contributed by atoms with van der Waals surface area (Å²) >= 11 is 0. The van der Waals surface area contributed by atoms with Crippen molar-refractivity contribution in [3.8, 4) is 0 Å². The minimum atomic E-state index is -0.241. The van der Waals surface area contributed by atoms with Gasteiger partial charge in [-0.1, -0.05) is 6.92 Å². The Hall–Kier alpha value is -1.52. The van der Waals surface area contributed by atoms with E-state index >= 15 is 0 Å². The lowest BCUT2D eigenvalue weighted by Gasteiger charge is -2.20. The van der Waals surface area contributed by atoms with Gasteiger partial charge < -0.3 is 15.1 Å². The number of aromatic nitrogens is 1. The van der Waals surface area contributed by atoms with Gasteiger partial charge in [-0.2, -0.15) is 0 Å². The monoisotopic (exact) mass is 225 g/mol. The molecule has 0 spiro atoms. The fourth-order valence-electron chi connectivity index (χ4n) is 1.13. The highest BCUT2D eigenvalue weighted by Crippen LogP contribution is 2.03. The van der Waals surface area contributed by atoms with E-state index in [4.69, 9.17) is 4.42 Å². The van der Waals surface area contributed by atoms with Crippen molar-refractivity contribution in [3.63, 3.8) is 0 Å². The molecule has 5 heteroatoms. The van der Waals surface area contributed by atoms with Gasteiger partial charge in [-0.15, -0.1) is 0 Å². The summed E-state index contributed by atoms with van der Waals surface area (Å²) in [6, 6.07) is -0.219. The number of carbonyl (C=O) groups is 1. The first kappa shape index (κ1) is 12.5. The van der Waals surface area contributed by atoms with Crippen LogP contribution >= 0.6 is 0 Å². The first-order valence-electron chi connectivity index (χ1n) is 5.40. The molecule has 1 aromatic rings. The van der Waals surface area contributed by atoms with Crippen molar-refractivity contribution in [3.05, 3.63) is 17.8 Å². The Morgan fingerprint density at radius 3 is 2.69 bits per heavy atom. The highest BCUT2D eigenvalue weighted by molar-refractivity contribution is 5.74. The molecule has 0 atom stereocenters. The lowest BCUT2D eigenvalue weighted by Crippen LogP contribution is -2.46. The van der Waals surface area contributed by atoms with Gasteiger partial charge in [0.15, 0.2) is 0 Å². The summed E-state index contributed by atoms with van der Waals surface area (Å²) in [4.78, 5) is 15.5. The average Bonchev–Trinajstić information content (AvgIpc) is 2.59. The van der Waals surface area contributed by atoms with Gasteiger partial charge in [0, 0.05) is 12.0 Å². The Bertz CT molecular complexity index is 352. The maximum atomic E-state index is 11.4. The number of rotatable bonds is 3. The van der Waals surface area contributed by atoms with Crippen molar-refractivity contribution in [2.75, 3.05) is 0 Å². The standard InChI is InChI=1S/C11H19N3O2/c1-5-8-6-12-9(16-8)7-13-10(15)14-11(2,3)4/h6H,5,7H2,1-4H3,(H2,13,14,15). The Kier molecular flexibility index (Phi) is 3.93. The summed E-state index contributed by atoms with van der Waals surface area (Å²) in [6.07, 6.45) is 2.49. The zero-order valence-corrected chi connectivity index (χ0v) is 10.3. The third-order valence-corrected chi connectivity index (χ3v) is 1.84. The van der Waals surface area contributed by atoms with Crippen LogP contribution in [0.1, 0.15) is 39.3 Å². The van der Waals surface area contributed by atoms with E-state index < -0.39 is 0 Å². The van der Waals surface area contributed by atoms with Crippen LogP contribution in [0, 0.1) is 0 Å². The van der Waals surface area contributed by atoms with Crippen LogP contribution in [0.15, 0.2) is 10.6 Å². The number of aryl methyl sites for hydroxylation is 1. The molecule has 1 heterocycles. The van der Waals surface area contributed by atoms with Gasteiger partial charge in [-0.3, -0.25) is 0 Å². The lowest BCUT2D eigenvalue weighted by atomic mass is 10.1. The van der Waals surface area contributed by atoms with Crippen LogP contribution in [0.3, 0.4) is 0 Å². The molecule has 2 amide bonds.